The van der Waals surface area contributed by atoms with Crippen molar-refractivity contribution >= 4 is 5.95 Å². The van der Waals surface area contributed by atoms with Gasteiger partial charge in [0.05, 0.1) is 0 Å². The highest BCUT2D eigenvalue weighted by Crippen LogP contribution is 2.16. The summed E-state index contributed by atoms with van der Waals surface area (Å²) in [7, 11) is 0. The molecule has 0 aliphatic carbocycles. The minimum Gasteiger partial charge on any atom is -0.381 e. The van der Waals surface area contributed by atoms with Crippen LogP contribution in [0.15, 0.2) is 4.52 Å². The summed E-state index contributed by atoms with van der Waals surface area (Å²) in [6, 6.07) is 0. The molecule has 2 rings (SSSR count). The van der Waals surface area contributed by atoms with Crippen molar-refractivity contribution in [2.75, 3.05) is 25.1 Å². The minimum atomic E-state index is 0.605. The molecule has 5 nitrogen and oxygen atoms in total. The molecule has 1 aliphatic heterocycles. The van der Waals surface area contributed by atoms with Crippen LogP contribution in [0.4, 0.5) is 5.95 Å². The lowest BCUT2D eigenvalue weighted by Gasteiger charge is -2.21. The first-order chi connectivity index (χ1) is 7.88. The van der Waals surface area contributed by atoms with Crippen LogP contribution < -0.4 is 5.32 Å². The van der Waals surface area contributed by atoms with Crippen LogP contribution in [0.25, 0.3) is 0 Å². The van der Waals surface area contributed by atoms with Gasteiger partial charge in [0.25, 0.3) is 5.95 Å². The molecule has 90 valence electrons. The van der Waals surface area contributed by atoms with Crippen LogP contribution in [0.1, 0.15) is 32.1 Å². The average molecular weight is 225 g/mol. The molecular weight excluding hydrogens is 206 g/mol. The number of hydrogen-bond donors (Lipinski definition) is 1. The van der Waals surface area contributed by atoms with E-state index in [1.165, 1.54) is 12.8 Å². The van der Waals surface area contributed by atoms with Gasteiger partial charge in [-0.2, -0.15) is 4.98 Å². The Morgan fingerprint density at radius 2 is 2.44 bits per heavy atom. The maximum absolute atomic E-state index is 5.43. The Labute approximate surface area is 95.6 Å². The fraction of sp³-hybridized carbons (Fsp3) is 0.818. The lowest BCUT2D eigenvalue weighted by atomic mass is 9.99. The lowest BCUT2D eigenvalue weighted by molar-refractivity contribution is 0.0530. The highest BCUT2D eigenvalue weighted by atomic mass is 16.5. The molecule has 1 aromatic heterocycles. The molecule has 0 amide bonds. The van der Waals surface area contributed by atoms with E-state index in [4.69, 9.17) is 9.26 Å². The van der Waals surface area contributed by atoms with Gasteiger partial charge in [0, 0.05) is 26.2 Å². The molecule has 5 heteroatoms. The van der Waals surface area contributed by atoms with Gasteiger partial charge >= 0.3 is 0 Å². The van der Waals surface area contributed by atoms with Gasteiger partial charge in [-0.05, 0) is 30.3 Å². The molecule has 0 unspecified atom stereocenters. The fourth-order valence-corrected chi connectivity index (χ4v) is 1.89. The van der Waals surface area contributed by atoms with E-state index in [1.54, 1.807) is 0 Å². The highest BCUT2D eigenvalue weighted by Gasteiger charge is 2.13. The Bertz CT molecular complexity index is 308. The van der Waals surface area contributed by atoms with Gasteiger partial charge in [0.2, 0.25) is 5.89 Å². The zero-order valence-electron chi connectivity index (χ0n) is 9.74. The Balaban J connectivity index is 1.66. The largest absolute Gasteiger partial charge is 0.381 e. The van der Waals surface area contributed by atoms with Crippen molar-refractivity contribution in [2.45, 2.75) is 32.6 Å². The number of hydrogen-bond acceptors (Lipinski definition) is 5. The van der Waals surface area contributed by atoms with Gasteiger partial charge in [-0.25, -0.2) is 0 Å². The van der Waals surface area contributed by atoms with Gasteiger partial charge in [0.15, 0.2) is 0 Å². The predicted octanol–water partition coefficient (Wildman–Crippen LogP) is 1.86. The smallest absolute Gasteiger partial charge is 0.263 e. The highest BCUT2D eigenvalue weighted by molar-refractivity contribution is 5.20. The first-order valence-electron chi connectivity index (χ1n) is 6.02. The van der Waals surface area contributed by atoms with Crippen molar-refractivity contribution in [2.24, 2.45) is 5.92 Å². The van der Waals surface area contributed by atoms with Crippen LogP contribution >= 0.6 is 0 Å². The summed E-state index contributed by atoms with van der Waals surface area (Å²) < 4.78 is 10.4. The van der Waals surface area contributed by atoms with E-state index in [0.29, 0.717) is 17.8 Å². The normalized spacial score (nSPS) is 20.9. The molecule has 16 heavy (non-hydrogen) atoms. The summed E-state index contributed by atoms with van der Waals surface area (Å²) in [4.78, 5) is 4.19. The molecule has 1 fully saturated rings. The molecule has 0 radical (unpaired) electrons. The second kappa shape index (κ2) is 5.84. The van der Waals surface area contributed by atoms with Gasteiger partial charge in [-0.1, -0.05) is 6.92 Å². The van der Waals surface area contributed by atoms with Crippen LogP contribution in [0.2, 0.25) is 0 Å². The first-order valence-corrected chi connectivity index (χ1v) is 6.02. The lowest BCUT2D eigenvalue weighted by Crippen LogP contribution is -2.20. The van der Waals surface area contributed by atoms with E-state index in [2.05, 4.69) is 15.5 Å². The Kier molecular flexibility index (Phi) is 4.16. The maximum Gasteiger partial charge on any atom is 0.263 e. The molecule has 2 heterocycles. The molecule has 0 aromatic carbocycles. The van der Waals surface area contributed by atoms with E-state index in [-0.39, 0.29) is 0 Å². The molecule has 0 spiro atoms. The fourth-order valence-electron chi connectivity index (χ4n) is 1.89. The third kappa shape index (κ3) is 3.20. The maximum atomic E-state index is 5.43. The van der Waals surface area contributed by atoms with Crippen molar-refractivity contribution in [3.63, 3.8) is 0 Å². The van der Waals surface area contributed by atoms with E-state index in [9.17, 15) is 0 Å². The zero-order chi connectivity index (χ0) is 11.2. The summed E-state index contributed by atoms with van der Waals surface area (Å²) in [6.07, 6.45) is 4.35. The molecule has 1 aliphatic rings. The average Bonchev–Trinajstić information content (AvgIpc) is 2.78. The number of ether oxygens (including phenoxy) is 1. The van der Waals surface area contributed by atoms with Crippen LogP contribution in [-0.4, -0.2) is 29.9 Å². The Morgan fingerprint density at radius 1 is 1.50 bits per heavy atom. The SMILES string of the molecule is CCc1nc(NCC[C@@H]2CCCOC2)no1. The van der Waals surface area contributed by atoms with Crippen molar-refractivity contribution < 1.29 is 9.26 Å². The second-order valence-electron chi connectivity index (χ2n) is 4.16. The topological polar surface area (TPSA) is 60.2 Å². The summed E-state index contributed by atoms with van der Waals surface area (Å²) in [5, 5.41) is 7.02. The second-order valence-corrected chi connectivity index (χ2v) is 4.16. The summed E-state index contributed by atoms with van der Waals surface area (Å²) in [5.74, 6) is 1.97. The van der Waals surface area contributed by atoms with Crippen LogP contribution in [0, 0.1) is 5.92 Å². The van der Waals surface area contributed by atoms with Crippen LogP contribution in [-0.2, 0) is 11.2 Å². The molecule has 1 saturated heterocycles. The van der Waals surface area contributed by atoms with Crippen molar-refractivity contribution in [3.05, 3.63) is 5.89 Å². The molecule has 0 bridgehead atoms. The summed E-state index contributed by atoms with van der Waals surface area (Å²) >= 11 is 0. The van der Waals surface area contributed by atoms with E-state index in [0.717, 1.165) is 32.6 Å². The van der Waals surface area contributed by atoms with E-state index >= 15 is 0 Å². The van der Waals surface area contributed by atoms with Gasteiger partial charge in [-0.15, -0.1) is 0 Å². The molecule has 1 N–H and O–H groups in total. The number of rotatable bonds is 5. The quantitative estimate of drug-likeness (QED) is 0.828. The van der Waals surface area contributed by atoms with Crippen molar-refractivity contribution in [3.8, 4) is 0 Å². The van der Waals surface area contributed by atoms with E-state index in [1.807, 2.05) is 6.92 Å². The number of aryl methyl sites for hydroxylation is 1. The van der Waals surface area contributed by atoms with Crippen LogP contribution in [0.3, 0.4) is 0 Å². The minimum absolute atomic E-state index is 0.605. The van der Waals surface area contributed by atoms with Gasteiger partial charge in [-0.3, -0.25) is 0 Å². The standard InChI is InChI=1S/C11H19N3O2/c1-2-10-13-11(14-16-10)12-6-5-9-4-3-7-15-8-9/h9H,2-8H2,1H3,(H,12,14)/t9-/m0/s1. The number of anilines is 1. The summed E-state index contributed by atoms with van der Waals surface area (Å²) in [5.41, 5.74) is 0. The number of nitrogens with one attached hydrogen (secondary N) is 1. The third-order valence-corrected chi connectivity index (χ3v) is 2.86. The molecular formula is C11H19N3O2. The molecule has 1 atom stereocenters. The Morgan fingerprint density at radius 3 is 3.12 bits per heavy atom. The zero-order valence-corrected chi connectivity index (χ0v) is 9.74. The Hall–Kier alpha value is -1.10. The van der Waals surface area contributed by atoms with Gasteiger partial charge < -0.3 is 14.6 Å². The van der Waals surface area contributed by atoms with Gasteiger partial charge in [0.1, 0.15) is 0 Å². The number of nitrogens with zero attached hydrogens (tertiary/aromatic N) is 2. The van der Waals surface area contributed by atoms with Crippen LogP contribution in [0.5, 0.6) is 0 Å². The molecule has 1 aromatic rings. The molecule has 0 saturated carbocycles. The summed E-state index contributed by atoms with van der Waals surface area (Å²) in [6.45, 7) is 4.70. The number of aromatic nitrogens is 2. The van der Waals surface area contributed by atoms with Crippen molar-refractivity contribution in [1.82, 2.24) is 10.1 Å². The monoisotopic (exact) mass is 225 g/mol. The third-order valence-electron chi connectivity index (χ3n) is 2.86. The van der Waals surface area contributed by atoms with E-state index < -0.39 is 0 Å². The van der Waals surface area contributed by atoms with Crippen molar-refractivity contribution in [1.29, 1.82) is 0 Å². The predicted molar refractivity (Wildman–Crippen MR) is 60.3 cm³/mol. The first kappa shape index (κ1) is 11.4.